The number of carbonyl (C=O) groups excluding carboxylic acids is 1. The minimum absolute atomic E-state index is 0.210. The largest absolute Gasteiger partial charge is 0.463 e. The third kappa shape index (κ3) is 3.81. The molecule has 0 radical (unpaired) electrons. The lowest BCUT2D eigenvalue weighted by atomic mass is 10.1. The topological polar surface area (TPSA) is 90.8 Å². The van der Waals surface area contributed by atoms with Crippen molar-refractivity contribution in [1.82, 2.24) is 29.9 Å². The van der Waals surface area contributed by atoms with Gasteiger partial charge in [-0.1, -0.05) is 30.3 Å². The van der Waals surface area contributed by atoms with E-state index >= 15 is 0 Å². The molecule has 0 saturated carbocycles. The highest BCUT2D eigenvalue weighted by atomic mass is 16.3. The van der Waals surface area contributed by atoms with Gasteiger partial charge in [-0.3, -0.25) is 4.79 Å². The molecule has 3 aromatic heterocycles. The minimum atomic E-state index is -0.230. The Labute approximate surface area is 184 Å². The quantitative estimate of drug-likeness (QED) is 0.441. The van der Waals surface area contributed by atoms with Crippen molar-refractivity contribution in [1.29, 1.82) is 0 Å². The molecule has 1 atom stereocenters. The van der Waals surface area contributed by atoms with Crippen LogP contribution < -0.4 is 5.32 Å². The number of para-hydroxylation sites is 1. The fourth-order valence-electron chi connectivity index (χ4n) is 3.46. The van der Waals surface area contributed by atoms with E-state index in [4.69, 9.17) is 4.42 Å². The fraction of sp³-hybridized carbons (Fsp3) is 0.0833. The zero-order valence-electron chi connectivity index (χ0n) is 17.3. The van der Waals surface area contributed by atoms with Crippen molar-refractivity contribution >= 4 is 5.91 Å². The number of carbonyl (C=O) groups is 1. The van der Waals surface area contributed by atoms with Gasteiger partial charge >= 0.3 is 0 Å². The van der Waals surface area contributed by atoms with Gasteiger partial charge in [0, 0.05) is 6.07 Å². The van der Waals surface area contributed by atoms with Gasteiger partial charge in [0.1, 0.15) is 24.0 Å². The molecular weight excluding hydrogens is 404 g/mol. The Morgan fingerprint density at radius 3 is 2.50 bits per heavy atom. The highest BCUT2D eigenvalue weighted by molar-refractivity contribution is 5.94. The maximum atomic E-state index is 13.2. The summed E-state index contributed by atoms with van der Waals surface area (Å²) in [6, 6.07) is 22.5. The summed E-state index contributed by atoms with van der Waals surface area (Å²) in [5.74, 6) is 0.373. The number of hydrogen-bond donors (Lipinski definition) is 1. The normalized spacial score (nSPS) is 11.9. The number of nitrogens with one attached hydrogen (secondary N) is 1. The van der Waals surface area contributed by atoms with Crippen molar-refractivity contribution in [2.75, 3.05) is 0 Å². The SMILES string of the molecule is CC(NC(=O)c1cc(-c2ccco2)nn1-c1ccccc1)c1ccc(-n2cncn2)cc1. The number of benzene rings is 2. The minimum Gasteiger partial charge on any atom is -0.463 e. The van der Waals surface area contributed by atoms with Gasteiger partial charge in [0.15, 0.2) is 5.76 Å². The molecule has 5 aromatic rings. The van der Waals surface area contributed by atoms with Crippen LogP contribution in [0.3, 0.4) is 0 Å². The van der Waals surface area contributed by atoms with Crippen molar-refractivity contribution in [3.8, 4) is 22.8 Å². The summed E-state index contributed by atoms with van der Waals surface area (Å²) < 4.78 is 8.79. The molecule has 3 heterocycles. The van der Waals surface area contributed by atoms with Gasteiger partial charge in [0.25, 0.3) is 5.91 Å². The van der Waals surface area contributed by atoms with Crippen LogP contribution in [0, 0.1) is 0 Å². The second kappa shape index (κ2) is 8.35. The molecule has 8 heteroatoms. The summed E-state index contributed by atoms with van der Waals surface area (Å²) in [6.45, 7) is 1.94. The standard InChI is InChI=1S/C24H20N6O2/c1-17(18-9-11-19(12-10-18)29-16-25-15-26-29)27-24(31)22-14-21(23-8-5-13-32-23)28-30(22)20-6-3-2-4-7-20/h2-17H,1H3,(H,27,31). The molecule has 1 amide bonds. The van der Waals surface area contributed by atoms with Crippen molar-refractivity contribution in [3.63, 3.8) is 0 Å². The molecule has 0 bridgehead atoms. The van der Waals surface area contributed by atoms with Crippen LogP contribution in [0.2, 0.25) is 0 Å². The van der Waals surface area contributed by atoms with Crippen molar-refractivity contribution in [2.24, 2.45) is 0 Å². The molecule has 1 N–H and O–H groups in total. The number of nitrogens with zero attached hydrogens (tertiary/aromatic N) is 5. The Balaban J connectivity index is 1.41. The highest BCUT2D eigenvalue weighted by Crippen LogP contribution is 2.23. The summed E-state index contributed by atoms with van der Waals surface area (Å²) in [5.41, 5.74) is 3.68. The Morgan fingerprint density at radius 2 is 1.81 bits per heavy atom. The lowest BCUT2D eigenvalue weighted by Gasteiger charge is -2.15. The summed E-state index contributed by atoms with van der Waals surface area (Å²) in [6.07, 6.45) is 4.72. The summed E-state index contributed by atoms with van der Waals surface area (Å²) >= 11 is 0. The van der Waals surface area contributed by atoms with E-state index < -0.39 is 0 Å². The predicted molar refractivity (Wildman–Crippen MR) is 119 cm³/mol. The Hall–Kier alpha value is -4.46. The van der Waals surface area contributed by atoms with E-state index in [1.54, 1.807) is 34.1 Å². The number of furan rings is 1. The maximum absolute atomic E-state index is 13.2. The number of amides is 1. The lowest BCUT2D eigenvalue weighted by Crippen LogP contribution is -2.28. The first-order valence-corrected chi connectivity index (χ1v) is 10.1. The van der Waals surface area contributed by atoms with Crippen LogP contribution in [0.4, 0.5) is 0 Å². The van der Waals surface area contributed by atoms with E-state index in [2.05, 4.69) is 20.5 Å². The Bertz CT molecular complexity index is 1310. The number of rotatable bonds is 6. The van der Waals surface area contributed by atoms with Gasteiger partial charge in [-0.05, 0) is 48.9 Å². The predicted octanol–water partition coefficient (Wildman–Crippen LogP) is 4.20. The third-order valence-corrected chi connectivity index (χ3v) is 5.14. The van der Waals surface area contributed by atoms with Gasteiger partial charge in [-0.15, -0.1) is 0 Å². The van der Waals surface area contributed by atoms with Crippen molar-refractivity contribution < 1.29 is 9.21 Å². The molecule has 0 aliphatic carbocycles. The van der Waals surface area contributed by atoms with E-state index in [1.807, 2.05) is 67.6 Å². The first kappa shape index (κ1) is 19.5. The molecule has 158 valence electrons. The fourth-order valence-corrected chi connectivity index (χ4v) is 3.46. The molecule has 0 spiro atoms. The zero-order chi connectivity index (χ0) is 21.9. The molecule has 0 aliphatic rings. The molecule has 5 rings (SSSR count). The van der Waals surface area contributed by atoms with E-state index in [1.165, 1.54) is 6.33 Å². The van der Waals surface area contributed by atoms with Crippen LogP contribution in [0.1, 0.15) is 29.0 Å². The monoisotopic (exact) mass is 424 g/mol. The molecule has 8 nitrogen and oxygen atoms in total. The first-order chi connectivity index (χ1) is 15.7. The van der Waals surface area contributed by atoms with E-state index in [-0.39, 0.29) is 11.9 Å². The van der Waals surface area contributed by atoms with Crippen molar-refractivity contribution in [2.45, 2.75) is 13.0 Å². The lowest BCUT2D eigenvalue weighted by molar-refractivity contribution is 0.0932. The van der Waals surface area contributed by atoms with E-state index in [9.17, 15) is 4.79 Å². The molecule has 2 aromatic carbocycles. The van der Waals surface area contributed by atoms with Crippen LogP contribution in [0.25, 0.3) is 22.8 Å². The highest BCUT2D eigenvalue weighted by Gasteiger charge is 2.20. The smallest absolute Gasteiger partial charge is 0.270 e. The number of aromatic nitrogens is 5. The Kier molecular flexibility index (Phi) is 5.09. The second-order valence-corrected chi connectivity index (χ2v) is 7.27. The summed E-state index contributed by atoms with van der Waals surface area (Å²) in [5, 5.41) is 11.8. The molecule has 0 saturated heterocycles. The number of hydrogen-bond acceptors (Lipinski definition) is 5. The summed E-state index contributed by atoms with van der Waals surface area (Å²) in [7, 11) is 0. The third-order valence-electron chi connectivity index (χ3n) is 5.14. The van der Waals surface area contributed by atoms with Gasteiger partial charge in [-0.2, -0.15) is 10.2 Å². The zero-order valence-corrected chi connectivity index (χ0v) is 17.3. The molecule has 1 unspecified atom stereocenters. The molecular formula is C24H20N6O2. The van der Waals surface area contributed by atoms with Crippen molar-refractivity contribution in [3.05, 3.63) is 103 Å². The van der Waals surface area contributed by atoms with Crippen LogP contribution >= 0.6 is 0 Å². The second-order valence-electron chi connectivity index (χ2n) is 7.27. The van der Waals surface area contributed by atoms with Gasteiger partial charge in [0.2, 0.25) is 0 Å². The van der Waals surface area contributed by atoms with Gasteiger partial charge in [-0.25, -0.2) is 14.3 Å². The van der Waals surface area contributed by atoms with Gasteiger partial charge < -0.3 is 9.73 Å². The van der Waals surface area contributed by atoms with E-state index in [0.29, 0.717) is 17.1 Å². The average molecular weight is 424 g/mol. The molecule has 0 aliphatic heterocycles. The Morgan fingerprint density at radius 1 is 1.00 bits per heavy atom. The van der Waals surface area contributed by atoms with E-state index in [0.717, 1.165) is 16.9 Å². The van der Waals surface area contributed by atoms with Crippen LogP contribution in [0.5, 0.6) is 0 Å². The average Bonchev–Trinajstić information content (AvgIpc) is 3.61. The van der Waals surface area contributed by atoms with Crippen LogP contribution in [0.15, 0.2) is 96.1 Å². The van der Waals surface area contributed by atoms with Gasteiger partial charge in [0.05, 0.1) is 23.7 Å². The molecule has 0 fully saturated rings. The maximum Gasteiger partial charge on any atom is 0.270 e. The van der Waals surface area contributed by atoms with Crippen LogP contribution in [-0.2, 0) is 0 Å². The van der Waals surface area contributed by atoms with Crippen LogP contribution in [-0.4, -0.2) is 30.5 Å². The summed E-state index contributed by atoms with van der Waals surface area (Å²) in [4.78, 5) is 17.2. The first-order valence-electron chi connectivity index (χ1n) is 10.1. The molecule has 32 heavy (non-hydrogen) atoms.